The summed E-state index contributed by atoms with van der Waals surface area (Å²) in [6.07, 6.45) is 8.36. The number of rotatable bonds is 6. The van der Waals surface area contributed by atoms with Gasteiger partial charge in [-0.1, -0.05) is 29.8 Å². The Kier molecular flexibility index (Phi) is 5.07. The zero-order valence-corrected chi connectivity index (χ0v) is 15.8. The molecule has 0 radical (unpaired) electrons. The highest BCUT2D eigenvalue weighted by molar-refractivity contribution is 6.30. The van der Waals surface area contributed by atoms with E-state index in [-0.39, 0.29) is 0 Å². The normalized spacial score (nSPS) is 11.0. The summed E-state index contributed by atoms with van der Waals surface area (Å²) in [6.45, 7) is 0. The largest absolute Gasteiger partial charge is 0.495 e. The summed E-state index contributed by atoms with van der Waals surface area (Å²) in [5.74, 6) is 0.763. The summed E-state index contributed by atoms with van der Waals surface area (Å²) in [5.41, 5.74) is 5.60. The quantitative estimate of drug-likeness (QED) is 0.514. The molecule has 0 unspecified atom stereocenters. The first kappa shape index (κ1) is 17.6. The fraction of sp³-hybridized carbons (Fsp3) is 0.182. The van der Waals surface area contributed by atoms with Crippen molar-refractivity contribution in [3.05, 3.63) is 88.5 Å². The van der Waals surface area contributed by atoms with Crippen molar-refractivity contribution in [2.45, 2.75) is 19.3 Å². The Labute approximate surface area is 163 Å². The summed E-state index contributed by atoms with van der Waals surface area (Å²) < 4.78 is 5.29. The molecule has 4 aromatic rings. The van der Waals surface area contributed by atoms with Gasteiger partial charge in [-0.2, -0.15) is 0 Å². The second-order valence-electron chi connectivity index (χ2n) is 6.55. The predicted molar refractivity (Wildman–Crippen MR) is 109 cm³/mol. The van der Waals surface area contributed by atoms with Crippen LogP contribution in [-0.2, 0) is 19.3 Å². The van der Waals surface area contributed by atoms with Crippen LogP contribution < -0.4 is 4.74 Å². The predicted octanol–water partition coefficient (Wildman–Crippen LogP) is 5.00. The minimum atomic E-state index is 0.763. The number of benzene rings is 1. The third-order valence-electron chi connectivity index (χ3n) is 4.69. The van der Waals surface area contributed by atoms with Crippen LogP contribution in [0.25, 0.3) is 11.0 Å². The lowest BCUT2D eigenvalue weighted by Crippen LogP contribution is -1.96. The number of hydrogen-bond acceptors (Lipinski definition) is 3. The van der Waals surface area contributed by atoms with Gasteiger partial charge in [0, 0.05) is 34.9 Å². The number of methoxy groups -OCH3 is 1. The van der Waals surface area contributed by atoms with Gasteiger partial charge in [-0.15, -0.1) is 0 Å². The number of fused-ring (bicyclic) bond motifs is 1. The van der Waals surface area contributed by atoms with Crippen LogP contribution in [0.4, 0.5) is 0 Å². The lowest BCUT2D eigenvalue weighted by atomic mass is 10.0. The Morgan fingerprint density at radius 1 is 0.963 bits per heavy atom. The number of aryl methyl sites for hydroxylation is 2. The summed E-state index contributed by atoms with van der Waals surface area (Å²) in [6, 6.07) is 14.3. The SMILES string of the molecule is COc1cnc2[nH]cc(Cc3ccc(CCc4ccc(Cl)cc4)nc3)c2c1. The topological polar surface area (TPSA) is 50.8 Å². The van der Waals surface area contributed by atoms with E-state index in [9.17, 15) is 0 Å². The number of H-pyrrole nitrogens is 1. The van der Waals surface area contributed by atoms with E-state index >= 15 is 0 Å². The van der Waals surface area contributed by atoms with Gasteiger partial charge >= 0.3 is 0 Å². The standard InChI is InChI=1S/C22H20ClN3O/c1-27-20-11-21-17(13-25-22(21)26-14-20)10-16-5-9-19(24-12-16)8-4-15-2-6-18(23)7-3-15/h2-3,5-7,9,11-14H,4,8,10H2,1H3,(H,25,26). The third-order valence-corrected chi connectivity index (χ3v) is 4.94. The van der Waals surface area contributed by atoms with Crippen LogP contribution >= 0.6 is 11.6 Å². The molecule has 1 aromatic carbocycles. The first-order valence-corrected chi connectivity index (χ1v) is 9.27. The second-order valence-corrected chi connectivity index (χ2v) is 6.98. The number of aromatic amines is 1. The van der Waals surface area contributed by atoms with E-state index in [1.54, 1.807) is 13.3 Å². The van der Waals surface area contributed by atoms with E-state index in [1.807, 2.05) is 30.6 Å². The monoisotopic (exact) mass is 377 g/mol. The molecule has 0 aliphatic carbocycles. The van der Waals surface area contributed by atoms with Crippen LogP contribution in [0.1, 0.15) is 22.4 Å². The number of aromatic nitrogens is 3. The first-order valence-electron chi connectivity index (χ1n) is 8.89. The van der Waals surface area contributed by atoms with Gasteiger partial charge in [0.25, 0.3) is 0 Å². The van der Waals surface area contributed by atoms with Gasteiger partial charge in [-0.25, -0.2) is 4.98 Å². The van der Waals surface area contributed by atoms with Crippen LogP contribution in [0.3, 0.4) is 0 Å². The molecular formula is C22H20ClN3O. The van der Waals surface area contributed by atoms with Crippen molar-refractivity contribution in [2.75, 3.05) is 7.11 Å². The molecule has 1 N–H and O–H groups in total. The summed E-state index contributed by atoms with van der Waals surface area (Å²) in [5, 5.41) is 1.85. The Bertz CT molecular complexity index is 1040. The van der Waals surface area contributed by atoms with E-state index in [2.05, 4.69) is 39.2 Å². The molecule has 0 aliphatic heterocycles. The van der Waals surface area contributed by atoms with Gasteiger partial charge in [0.1, 0.15) is 11.4 Å². The molecule has 0 bridgehead atoms. The van der Waals surface area contributed by atoms with Crippen molar-refractivity contribution < 1.29 is 4.74 Å². The van der Waals surface area contributed by atoms with Crippen LogP contribution in [0.15, 0.2) is 61.1 Å². The van der Waals surface area contributed by atoms with Crippen molar-refractivity contribution in [1.82, 2.24) is 15.0 Å². The van der Waals surface area contributed by atoms with Crippen molar-refractivity contribution >= 4 is 22.6 Å². The van der Waals surface area contributed by atoms with Gasteiger partial charge in [0.2, 0.25) is 0 Å². The van der Waals surface area contributed by atoms with Gasteiger partial charge < -0.3 is 9.72 Å². The van der Waals surface area contributed by atoms with Crippen LogP contribution in [0, 0.1) is 0 Å². The fourth-order valence-electron chi connectivity index (χ4n) is 3.15. The average Bonchev–Trinajstić information content (AvgIpc) is 3.10. The maximum absolute atomic E-state index is 5.93. The summed E-state index contributed by atoms with van der Waals surface area (Å²) in [7, 11) is 1.65. The Hall–Kier alpha value is -2.85. The molecule has 0 amide bonds. The molecule has 27 heavy (non-hydrogen) atoms. The first-order chi connectivity index (χ1) is 13.2. The Morgan fingerprint density at radius 3 is 2.52 bits per heavy atom. The Morgan fingerprint density at radius 2 is 1.78 bits per heavy atom. The second kappa shape index (κ2) is 7.80. The number of halogens is 1. The molecule has 4 rings (SSSR count). The highest BCUT2D eigenvalue weighted by Gasteiger charge is 2.08. The van der Waals surface area contributed by atoms with Crippen LogP contribution in [-0.4, -0.2) is 22.1 Å². The summed E-state index contributed by atoms with van der Waals surface area (Å²) in [4.78, 5) is 12.2. The molecule has 5 heteroatoms. The maximum Gasteiger partial charge on any atom is 0.137 e. The molecule has 3 heterocycles. The van der Waals surface area contributed by atoms with Crippen molar-refractivity contribution in [1.29, 1.82) is 0 Å². The molecular weight excluding hydrogens is 358 g/mol. The highest BCUT2D eigenvalue weighted by atomic mass is 35.5. The molecule has 0 saturated carbocycles. The van der Waals surface area contributed by atoms with Gasteiger partial charge in [-0.3, -0.25) is 4.98 Å². The third kappa shape index (κ3) is 4.12. The zero-order valence-electron chi connectivity index (χ0n) is 15.1. The number of nitrogens with zero attached hydrogens (tertiary/aromatic N) is 2. The Balaban J connectivity index is 1.44. The molecule has 0 fully saturated rings. The van der Waals surface area contributed by atoms with E-state index in [1.165, 1.54) is 16.7 Å². The van der Waals surface area contributed by atoms with Crippen LogP contribution in [0.5, 0.6) is 5.75 Å². The molecule has 0 spiro atoms. The van der Waals surface area contributed by atoms with Gasteiger partial charge in [0.15, 0.2) is 0 Å². The van der Waals surface area contributed by atoms with Crippen molar-refractivity contribution in [2.24, 2.45) is 0 Å². The van der Waals surface area contributed by atoms with Gasteiger partial charge in [-0.05, 0) is 53.8 Å². The van der Waals surface area contributed by atoms with Crippen molar-refractivity contribution in [3.63, 3.8) is 0 Å². The highest BCUT2D eigenvalue weighted by Crippen LogP contribution is 2.23. The fourth-order valence-corrected chi connectivity index (χ4v) is 3.27. The number of nitrogens with one attached hydrogen (secondary N) is 1. The molecule has 136 valence electrons. The van der Waals surface area contributed by atoms with Crippen LogP contribution in [0.2, 0.25) is 5.02 Å². The molecule has 0 atom stereocenters. The van der Waals surface area contributed by atoms with E-state index < -0.39 is 0 Å². The minimum absolute atomic E-state index is 0.763. The molecule has 0 saturated heterocycles. The number of hydrogen-bond donors (Lipinski definition) is 1. The number of ether oxygens (including phenoxy) is 1. The molecule has 4 nitrogen and oxygen atoms in total. The molecule has 3 aromatic heterocycles. The van der Waals surface area contributed by atoms with E-state index in [4.69, 9.17) is 16.3 Å². The maximum atomic E-state index is 5.93. The lowest BCUT2D eigenvalue weighted by Gasteiger charge is -2.05. The minimum Gasteiger partial charge on any atom is -0.495 e. The molecule has 0 aliphatic rings. The zero-order chi connectivity index (χ0) is 18.6. The summed E-state index contributed by atoms with van der Waals surface area (Å²) >= 11 is 5.93. The lowest BCUT2D eigenvalue weighted by molar-refractivity contribution is 0.413. The average molecular weight is 378 g/mol. The van der Waals surface area contributed by atoms with Crippen molar-refractivity contribution in [3.8, 4) is 5.75 Å². The van der Waals surface area contributed by atoms with E-state index in [0.29, 0.717) is 0 Å². The van der Waals surface area contributed by atoms with E-state index in [0.717, 1.165) is 46.8 Å². The smallest absolute Gasteiger partial charge is 0.137 e. The van der Waals surface area contributed by atoms with Gasteiger partial charge in [0.05, 0.1) is 13.3 Å². The number of pyridine rings is 2.